The van der Waals surface area contributed by atoms with E-state index in [1.165, 1.54) is 11.8 Å². The number of thioether (sulfide) groups is 1. The number of ether oxygens (including phenoxy) is 1. The molecule has 128 valence electrons. The van der Waals surface area contributed by atoms with E-state index in [0.29, 0.717) is 34.7 Å². The van der Waals surface area contributed by atoms with E-state index in [1.807, 2.05) is 36.4 Å². The lowest BCUT2D eigenvalue weighted by molar-refractivity contribution is -0.113. The van der Waals surface area contributed by atoms with Crippen molar-refractivity contribution in [3.63, 3.8) is 0 Å². The Morgan fingerprint density at radius 2 is 2.04 bits per heavy atom. The van der Waals surface area contributed by atoms with Crippen molar-refractivity contribution in [1.29, 1.82) is 0 Å². The third kappa shape index (κ3) is 3.66. The number of carbonyl (C=O) groups excluding carboxylic acids is 1. The fourth-order valence-corrected chi connectivity index (χ4v) is 3.78. The van der Waals surface area contributed by atoms with Gasteiger partial charge in [-0.25, -0.2) is 0 Å². The smallest absolute Gasteiger partial charge is 0.286 e. The first-order valence-corrected chi connectivity index (χ1v) is 9.09. The van der Waals surface area contributed by atoms with Crippen molar-refractivity contribution in [3.8, 4) is 11.3 Å². The van der Waals surface area contributed by atoms with Crippen LogP contribution in [-0.2, 0) is 9.53 Å². The number of aliphatic imine (C=N–C) groups is 1. The van der Waals surface area contributed by atoms with Gasteiger partial charge in [-0.2, -0.15) is 4.99 Å². The topological polar surface area (TPSA) is 55.0 Å². The molecule has 1 fully saturated rings. The molecule has 0 radical (unpaired) electrons. The van der Waals surface area contributed by atoms with Gasteiger partial charge >= 0.3 is 0 Å². The zero-order valence-corrected chi connectivity index (χ0v) is 14.8. The van der Waals surface area contributed by atoms with Crippen LogP contribution in [0.25, 0.3) is 17.4 Å². The molecule has 0 saturated carbocycles. The van der Waals surface area contributed by atoms with E-state index in [9.17, 15) is 4.79 Å². The molecule has 25 heavy (non-hydrogen) atoms. The van der Waals surface area contributed by atoms with Gasteiger partial charge in [-0.3, -0.25) is 4.79 Å². The monoisotopic (exact) mass is 374 g/mol. The average molecular weight is 375 g/mol. The van der Waals surface area contributed by atoms with Gasteiger partial charge in [0, 0.05) is 29.8 Å². The van der Waals surface area contributed by atoms with Crippen LogP contribution in [0.3, 0.4) is 0 Å². The Labute approximate surface area is 154 Å². The van der Waals surface area contributed by atoms with Crippen molar-refractivity contribution >= 4 is 40.5 Å². The number of hydrogen-bond acceptors (Lipinski definition) is 5. The number of benzene rings is 1. The van der Waals surface area contributed by atoms with Crippen LogP contribution in [0, 0.1) is 0 Å². The van der Waals surface area contributed by atoms with Crippen molar-refractivity contribution in [2.75, 3.05) is 26.3 Å². The van der Waals surface area contributed by atoms with E-state index in [-0.39, 0.29) is 5.91 Å². The minimum absolute atomic E-state index is 0.229. The van der Waals surface area contributed by atoms with Crippen LogP contribution < -0.4 is 0 Å². The Morgan fingerprint density at radius 1 is 1.20 bits per heavy atom. The van der Waals surface area contributed by atoms with Crippen LogP contribution in [0.5, 0.6) is 0 Å². The quantitative estimate of drug-likeness (QED) is 0.746. The highest BCUT2D eigenvalue weighted by Gasteiger charge is 2.27. The predicted octanol–water partition coefficient (Wildman–Crippen LogP) is 3.90. The number of halogens is 1. The third-order valence-corrected chi connectivity index (χ3v) is 5.18. The van der Waals surface area contributed by atoms with Gasteiger partial charge in [0.15, 0.2) is 5.17 Å². The molecule has 2 aliphatic heterocycles. The summed E-state index contributed by atoms with van der Waals surface area (Å²) in [4.78, 5) is 18.9. The molecule has 1 saturated heterocycles. The molecule has 1 aromatic heterocycles. The first kappa shape index (κ1) is 16.4. The molecule has 0 unspecified atom stereocenters. The zero-order valence-electron chi connectivity index (χ0n) is 13.3. The molecule has 5 nitrogen and oxygen atoms in total. The molecule has 2 aliphatic rings. The molecule has 7 heteroatoms. The summed E-state index contributed by atoms with van der Waals surface area (Å²) < 4.78 is 11.2. The highest BCUT2D eigenvalue weighted by Crippen LogP contribution is 2.32. The fraction of sp³-hybridized carbons (Fsp3) is 0.222. The summed E-state index contributed by atoms with van der Waals surface area (Å²) in [5.41, 5.74) is 0.896. The molecule has 0 bridgehead atoms. The minimum atomic E-state index is -0.229. The number of carbonyl (C=O) groups is 1. The highest BCUT2D eigenvalue weighted by atomic mass is 35.5. The maximum absolute atomic E-state index is 12.2. The first-order valence-electron chi connectivity index (χ1n) is 7.90. The highest BCUT2D eigenvalue weighted by molar-refractivity contribution is 8.18. The van der Waals surface area contributed by atoms with Gasteiger partial charge in [0.05, 0.1) is 18.1 Å². The number of nitrogens with zero attached hydrogens (tertiary/aromatic N) is 2. The summed E-state index contributed by atoms with van der Waals surface area (Å²) in [7, 11) is 0. The number of morpholine rings is 1. The second kappa shape index (κ2) is 7.07. The summed E-state index contributed by atoms with van der Waals surface area (Å²) in [6, 6.07) is 11.2. The maximum atomic E-state index is 12.2. The second-order valence-corrected chi connectivity index (χ2v) is 7.07. The number of amides is 1. The van der Waals surface area contributed by atoms with Crippen LogP contribution in [0.4, 0.5) is 0 Å². The molecule has 3 heterocycles. The summed E-state index contributed by atoms with van der Waals surface area (Å²) in [5.74, 6) is 1.09. The Morgan fingerprint density at radius 3 is 2.84 bits per heavy atom. The molecule has 0 aliphatic carbocycles. The van der Waals surface area contributed by atoms with E-state index < -0.39 is 0 Å². The maximum Gasteiger partial charge on any atom is 0.286 e. The molecule has 2 aromatic rings. The van der Waals surface area contributed by atoms with Gasteiger partial charge in [0.2, 0.25) is 0 Å². The Balaban J connectivity index is 1.51. The lowest BCUT2D eigenvalue weighted by Crippen LogP contribution is -2.38. The van der Waals surface area contributed by atoms with Crippen molar-refractivity contribution in [1.82, 2.24) is 4.90 Å². The fourth-order valence-electron chi connectivity index (χ4n) is 2.64. The molecule has 0 spiro atoms. The number of rotatable bonds is 2. The molecule has 1 amide bonds. The lowest BCUT2D eigenvalue weighted by atomic mass is 10.2. The van der Waals surface area contributed by atoms with Crippen molar-refractivity contribution in [2.24, 2.45) is 4.99 Å². The number of furan rings is 1. The number of hydrogen-bond donors (Lipinski definition) is 0. The summed E-state index contributed by atoms with van der Waals surface area (Å²) in [6.45, 7) is 2.83. The normalized spacial score (nSPS) is 19.6. The van der Waals surface area contributed by atoms with Crippen LogP contribution in [0.15, 0.2) is 50.7 Å². The SMILES string of the molecule is O=C1N=C(N2CCOCC2)S/C1=C/c1ccc(-c2cccc(Cl)c2)o1. The summed E-state index contributed by atoms with van der Waals surface area (Å²) in [5, 5.41) is 1.39. The van der Waals surface area contributed by atoms with Gasteiger partial charge in [-0.05, 0) is 36.0 Å². The van der Waals surface area contributed by atoms with E-state index in [4.69, 9.17) is 20.8 Å². The largest absolute Gasteiger partial charge is 0.457 e. The van der Waals surface area contributed by atoms with E-state index in [2.05, 4.69) is 9.89 Å². The molecule has 1 aromatic carbocycles. The van der Waals surface area contributed by atoms with E-state index in [1.54, 1.807) is 6.08 Å². The standard InChI is InChI=1S/C18H15ClN2O3S/c19-13-3-1-2-12(10-13)15-5-4-14(24-15)11-16-17(22)20-18(25-16)21-6-8-23-9-7-21/h1-5,10-11H,6-9H2/b16-11+. The third-order valence-electron chi connectivity index (χ3n) is 3.90. The molecular weight excluding hydrogens is 360 g/mol. The van der Waals surface area contributed by atoms with Crippen molar-refractivity contribution in [3.05, 3.63) is 52.1 Å². The van der Waals surface area contributed by atoms with Gasteiger partial charge in [0.1, 0.15) is 11.5 Å². The predicted molar refractivity (Wildman–Crippen MR) is 99.6 cm³/mol. The minimum Gasteiger partial charge on any atom is -0.457 e. The van der Waals surface area contributed by atoms with Gasteiger partial charge in [0.25, 0.3) is 5.91 Å². The number of amidine groups is 1. The second-order valence-electron chi connectivity index (χ2n) is 5.62. The zero-order chi connectivity index (χ0) is 17.2. The Bertz CT molecular complexity index is 869. The lowest BCUT2D eigenvalue weighted by Gasteiger charge is -2.27. The molecule has 0 atom stereocenters. The molecular formula is C18H15ClN2O3S. The van der Waals surface area contributed by atoms with Gasteiger partial charge in [-0.1, -0.05) is 23.7 Å². The Kier molecular flexibility index (Phi) is 4.65. The van der Waals surface area contributed by atoms with Crippen LogP contribution in [0.1, 0.15) is 5.76 Å². The van der Waals surface area contributed by atoms with Crippen LogP contribution in [-0.4, -0.2) is 42.3 Å². The van der Waals surface area contributed by atoms with Gasteiger partial charge < -0.3 is 14.1 Å². The summed E-state index contributed by atoms with van der Waals surface area (Å²) >= 11 is 7.40. The van der Waals surface area contributed by atoms with Crippen LogP contribution >= 0.6 is 23.4 Å². The first-order chi connectivity index (χ1) is 12.2. The Hall–Kier alpha value is -2.02. The van der Waals surface area contributed by atoms with Crippen molar-refractivity contribution in [2.45, 2.75) is 0 Å². The molecule has 0 N–H and O–H groups in total. The average Bonchev–Trinajstić information content (AvgIpc) is 3.24. The van der Waals surface area contributed by atoms with Gasteiger partial charge in [-0.15, -0.1) is 0 Å². The van der Waals surface area contributed by atoms with Crippen molar-refractivity contribution < 1.29 is 13.9 Å². The van der Waals surface area contributed by atoms with Crippen LogP contribution in [0.2, 0.25) is 5.02 Å². The van der Waals surface area contributed by atoms with E-state index >= 15 is 0 Å². The summed E-state index contributed by atoms with van der Waals surface area (Å²) in [6.07, 6.45) is 1.73. The van der Waals surface area contributed by atoms with E-state index in [0.717, 1.165) is 23.8 Å². The molecule has 4 rings (SSSR count).